The van der Waals surface area contributed by atoms with Crippen LogP contribution in [-0.2, 0) is 6.54 Å². The van der Waals surface area contributed by atoms with Crippen molar-refractivity contribution in [3.8, 4) is 0 Å². The van der Waals surface area contributed by atoms with Crippen LogP contribution in [0.3, 0.4) is 0 Å². The van der Waals surface area contributed by atoms with Crippen LogP contribution < -0.4 is 11.1 Å². The van der Waals surface area contributed by atoms with Gasteiger partial charge in [0.15, 0.2) is 0 Å². The van der Waals surface area contributed by atoms with E-state index in [9.17, 15) is 0 Å². The minimum atomic E-state index is -0.183. The molecule has 0 amide bonds. The summed E-state index contributed by atoms with van der Waals surface area (Å²) in [7, 11) is 9.32. The highest BCUT2D eigenvalue weighted by Crippen LogP contribution is 2.29. The number of nitrogens with two attached hydrogens (primary N) is 1. The number of aromatic nitrogens is 1. The van der Waals surface area contributed by atoms with Gasteiger partial charge < -0.3 is 5.73 Å². The van der Waals surface area contributed by atoms with E-state index in [0.717, 1.165) is 73.8 Å². The molecular formula is C22H43N7+2. The highest BCUT2D eigenvalue weighted by Gasteiger charge is 2.53. The van der Waals surface area contributed by atoms with Gasteiger partial charge in [-0.05, 0) is 40.1 Å². The molecule has 7 heteroatoms. The first-order valence-electron chi connectivity index (χ1n) is 10.9. The summed E-state index contributed by atoms with van der Waals surface area (Å²) in [6.07, 6.45) is 1.88. The summed E-state index contributed by atoms with van der Waals surface area (Å²) in [4.78, 5) is 9.39. The Hall–Kier alpha value is -1.09. The Kier molecular flexibility index (Phi) is 6.40. The van der Waals surface area contributed by atoms with E-state index in [1.54, 1.807) is 0 Å². The van der Waals surface area contributed by atoms with Crippen molar-refractivity contribution in [2.75, 3.05) is 80.5 Å². The Bertz CT molecular complexity index is 681. The van der Waals surface area contributed by atoms with Gasteiger partial charge in [0.05, 0.1) is 29.9 Å². The van der Waals surface area contributed by atoms with Crippen LogP contribution in [0.5, 0.6) is 0 Å². The van der Waals surface area contributed by atoms with Crippen molar-refractivity contribution in [2.24, 2.45) is 5.73 Å². The van der Waals surface area contributed by atoms with E-state index >= 15 is 0 Å². The number of pyridine rings is 1. The lowest BCUT2D eigenvalue weighted by molar-refractivity contribution is -1.48. The molecule has 29 heavy (non-hydrogen) atoms. The molecule has 1 aromatic rings. The molecule has 0 spiro atoms. The SMILES string of the molecule is CN1CC[N+](C)([N+]2(C)CCN(C)CC(C)(NCc3ccccn3)C2)CC(C)(N)C1. The third kappa shape index (κ3) is 5.34. The molecule has 0 aliphatic carbocycles. The van der Waals surface area contributed by atoms with Gasteiger partial charge in [0.1, 0.15) is 40.3 Å². The summed E-state index contributed by atoms with van der Waals surface area (Å²) in [5, 5.41) is 3.87. The number of rotatable bonds is 4. The molecular weight excluding hydrogens is 362 g/mol. The van der Waals surface area contributed by atoms with Gasteiger partial charge in [-0.25, -0.2) is 0 Å². The zero-order chi connectivity index (χ0) is 21.3. The molecule has 1 aromatic heterocycles. The molecule has 2 fully saturated rings. The molecule has 4 unspecified atom stereocenters. The second kappa shape index (κ2) is 8.21. The van der Waals surface area contributed by atoms with E-state index in [-0.39, 0.29) is 11.1 Å². The average Bonchev–Trinajstić information content (AvgIpc) is 2.82. The van der Waals surface area contributed by atoms with Gasteiger partial charge in [-0.1, -0.05) is 6.07 Å². The van der Waals surface area contributed by atoms with Gasteiger partial charge in [-0.2, -0.15) is 9.18 Å². The summed E-state index contributed by atoms with van der Waals surface area (Å²) in [6, 6.07) is 6.14. The second-order valence-electron chi connectivity index (χ2n) is 10.8. The minimum absolute atomic E-state index is 0.00197. The van der Waals surface area contributed by atoms with Crippen LogP contribution in [0, 0.1) is 0 Å². The van der Waals surface area contributed by atoms with Crippen LogP contribution in [-0.4, -0.2) is 116 Å². The maximum Gasteiger partial charge on any atom is 0.141 e. The molecule has 0 aromatic carbocycles. The van der Waals surface area contributed by atoms with Crippen LogP contribution in [0.25, 0.3) is 0 Å². The van der Waals surface area contributed by atoms with Crippen molar-refractivity contribution in [1.29, 1.82) is 0 Å². The number of nitrogens with zero attached hydrogens (tertiary/aromatic N) is 5. The molecule has 7 nitrogen and oxygen atoms in total. The third-order valence-corrected chi connectivity index (χ3v) is 7.16. The van der Waals surface area contributed by atoms with Gasteiger partial charge in [-0.15, -0.1) is 0 Å². The number of hydrogen-bond donors (Lipinski definition) is 2. The molecule has 164 valence electrons. The normalized spacial score (nSPS) is 40.4. The molecule has 0 saturated carbocycles. The molecule has 2 saturated heterocycles. The van der Waals surface area contributed by atoms with E-state index in [2.05, 4.69) is 74.3 Å². The molecule has 3 N–H and O–H groups in total. The summed E-state index contributed by atoms with van der Waals surface area (Å²) in [5.74, 6) is 0. The van der Waals surface area contributed by atoms with Crippen molar-refractivity contribution in [3.63, 3.8) is 0 Å². The van der Waals surface area contributed by atoms with Crippen LogP contribution in [0.1, 0.15) is 19.5 Å². The molecule has 0 radical (unpaired) electrons. The molecule has 4 atom stereocenters. The summed E-state index contributed by atoms with van der Waals surface area (Å²) < 4.78 is 1.97. The quantitative estimate of drug-likeness (QED) is 0.708. The Morgan fingerprint density at radius 1 is 1.03 bits per heavy atom. The second-order valence-corrected chi connectivity index (χ2v) is 10.8. The zero-order valence-electron chi connectivity index (χ0n) is 19.5. The van der Waals surface area contributed by atoms with Crippen molar-refractivity contribution in [3.05, 3.63) is 30.1 Å². The van der Waals surface area contributed by atoms with Crippen molar-refractivity contribution in [2.45, 2.75) is 31.5 Å². The molecule has 2 aliphatic heterocycles. The van der Waals surface area contributed by atoms with Crippen molar-refractivity contribution < 1.29 is 9.18 Å². The maximum absolute atomic E-state index is 6.78. The van der Waals surface area contributed by atoms with Gasteiger partial charge in [-0.3, -0.25) is 20.1 Å². The Morgan fingerprint density at radius 2 is 1.66 bits per heavy atom. The average molecular weight is 406 g/mol. The highest BCUT2D eigenvalue weighted by molar-refractivity contribution is 5.04. The fraction of sp³-hybridized carbons (Fsp3) is 0.773. The summed E-state index contributed by atoms with van der Waals surface area (Å²) in [5.41, 5.74) is 7.69. The Balaban J connectivity index is 1.84. The first kappa shape index (κ1) is 22.6. The van der Waals surface area contributed by atoms with Crippen molar-refractivity contribution >= 4 is 0 Å². The van der Waals surface area contributed by atoms with Gasteiger partial charge in [0.2, 0.25) is 0 Å². The van der Waals surface area contributed by atoms with Crippen LogP contribution >= 0.6 is 0 Å². The largest absolute Gasteiger partial charge is 0.319 e. The topological polar surface area (TPSA) is 57.4 Å². The number of likely N-dealkylation sites (N-methyl/N-ethyl adjacent to an activating group) is 4. The molecule has 3 heterocycles. The maximum atomic E-state index is 6.78. The lowest BCUT2D eigenvalue weighted by Crippen LogP contribution is -2.76. The number of quaternary nitrogens is 2. The van der Waals surface area contributed by atoms with Crippen LogP contribution in [0.15, 0.2) is 24.4 Å². The third-order valence-electron chi connectivity index (χ3n) is 7.16. The molecule has 0 bridgehead atoms. The smallest absolute Gasteiger partial charge is 0.141 e. The fourth-order valence-corrected chi connectivity index (χ4v) is 5.67. The Labute approximate surface area is 177 Å². The lowest BCUT2D eigenvalue weighted by atomic mass is 9.99. The predicted octanol–water partition coefficient (Wildman–Crippen LogP) is 0.346. The Morgan fingerprint density at radius 3 is 2.28 bits per heavy atom. The van der Waals surface area contributed by atoms with Gasteiger partial charge in [0.25, 0.3) is 0 Å². The standard InChI is InChI=1S/C22H43N7/c1-21(23)16-26(3)11-13-28(5,18-21)29(6)14-12-27(4)17-22(2,19-29)25-15-20-9-7-8-10-24-20/h7-10,25H,11-19,23H2,1-6H3/q+2. The summed E-state index contributed by atoms with van der Waals surface area (Å²) >= 11 is 0. The minimum Gasteiger partial charge on any atom is -0.319 e. The lowest BCUT2D eigenvalue weighted by Gasteiger charge is -2.52. The van der Waals surface area contributed by atoms with E-state index < -0.39 is 0 Å². The van der Waals surface area contributed by atoms with Gasteiger partial charge in [0, 0.05) is 25.8 Å². The van der Waals surface area contributed by atoms with E-state index in [1.807, 2.05) is 12.3 Å². The molecule has 3 rings (SSSR count). The van der Waals surface area contributed by atoms with Crippen molar-refractivity contribution in [1.82, 2.24) is 20.1 Å². The fourth-order valence-electron chi connectivity index (χ4n) is 5.67. The number of nitrogens with one attached hydrogen (secondary N) is 1. The van der Waals surface area contributed by atoms with Gasteiger partial charge >= 0.3 is 0 Å². The molecule has 2 aliphatic rings. The highest BCUT2D eigenvalue weighted by atomic mass is 15.9. The van der Waals surface area contributed by atoms with E-state index in [4.69, 9.17) is 5.73 Å². The monoisotopic (exact) mass is 405 g/mol. The zero-order valence-corrected chi connectivity index (χ0v) is 19.5. The number of hydrogen-bond acceptors (Lipinski definition) is 5. The first-order valence-corrected chi connectivity index (χ1v) is 10.9. The predicted molar refractivity (Wildman–Crippen MR) is 119 cm³/mol. The van der Waals surface area contributed by atoms with E-state index in [0.29, 0.717) is 0 Å². The van der Waals surface area contributed by atoms with Crippen LogP contribution in [0.2, 0.25) is 0 Å². The first-order chi connectivity index (χ1) is 13.4. The van der Waals surface area contributed by atoms with Crippen LogP contribution in [0.4, 0.5) is 0 Å². The van der Waals surface area contributed by atoms with E-state index in [1.165, 1.54) is 0 Å². The summed E-state index contributed by atoms with van der Waals surface area (Å²) in [6.45, 7) is 13.9.